The van der Waals surface area contributed by atoms with Gasteiger partial charge in [-0.05, 0) is 27.2 Å². The Morgan fingerprint density at radius 2 is 2.40 bits per heavy atom. The number of hydrogen-bond donors (Lipinski definition) is 1. The lowest BCUT2D eigenvalue weighted by molar-refractivity contribution is 0.183. The molecule has 1 aliphatic rings. The Labute approximate surface area is 94.9 Å². The van der Waals surface area contributed by atoms with Gasteiger partial charge in [0.2, 0.25) is 0 Å². The topological polar surface area (TPSA) is 34.2 Å². The number of thiazole rings is 1. The van der Waals surface area contributed by atoms with E-state index in [2.05, 4.69) is 31.1 Å². The van der Waals surface area contributed by atoms with Gasteiger partial charge in [0.15, 0.2) is 0 Å². The average molecular weight is 226 g/mol. The van der Waals surface area contributed by atoms with Crippen LogP contribution < -0.4 is 5.32 Å². The molecule has 0 aromatic carbocycles. The number of hydrogen-bond acceptors (Lipinski definition) is 4. The third-order valence-electron chi connectivity index (χ3n) is 2.65. The molecule has 1 unspecified atom stereocenters. The van der Waals surface area contributed by atoms with Gasteiger partial charge in [-0.3, -0.25) is 0 Å². The molecule has 1 aliphatic heterocycles. The summed E-state index contributed by atoms with van der Waals surface area (Å²) in [6, 6.07) is 0.476. The van der Waals surface area contributed by atoms with Crippen LogP contribution in [0.2, 0.25) is 0 Å². The first-order valence-electron chi connectivity index (χ1n) is 5.36. The number of nitrogens with one attached hydrogen (secondary N) is 1. The van der Waals surface area contributed by atoms with E-state index in [1.807, 2.05) is 6.20 Å². The molecule has 0 spiro atoms. The summed E-state index contributed by atoms with van der Waals surface area (Å²) in [5.41, 5.74) is -0.0444. The predicted octanol–water partition coefficient (Wildman–Crippen LogP) is 2.07. The Balaban J connectivity index is 2.05. The molecule has 0 saturated carbocycles. The molecule has 84 valence electrons. The standard InChI is InChI=1S/C11H18N2OS/c1-8-6-12-10(15-8)11(2,3)13-9-4-5-14-7-9/h6,9,13H,4-5,7H2,1-3H3. The fraction of sp³-hybridized carbons (Fsp3) is 0.727. The molecule has 1 saturated heterocycles. The van der Waals surface area contributed by atoms with Crippen molar-refractivity contribution in [1.82, 2.24) is 10.3 Å². The van der Waals surface area contributed by atoms with Gasteiger partial charge < -0.3 is 10.1 Å². The monoisotopic (exact) mass is 226 g/mol. The molecule has 1 atom stereocenters. The first-order valence-corrected chi connectivity index (χ1v) is 6.18. The van der Waals surface area contributed by atoms with Gasteiger partial charge in [-0.25, -0.2) is 4.98 Å². The van der Waals surface area contributed by atoms with Crippen LogP contribution in [0.4, 0.5) is 0 Å². The molecule has 3 nitrogen and oxygen atoms in total. The van der Waals surface area contributed by atoms with Crippen LogP contribution in [0.15, 0.2) is 6.20 Å². The van der Waals surface area contributed by atoms with Crippen LogP contribution in [-0.4, -0.2) is 24.2 Å². The van der Waals surface area contributed by atoms with E-state index < -0.39 is 0 Å². The maximum atomic E-state index is 5.36. The lowest BCUT2D eigenvalue weighted by Gasteiger charge is -2.27. The minimum atomic E-state index is -0.0444. The van der Waals surface area contributed by atoms with Gasteiger partial charge in [0.25, 0.3) is 0 Å². The first kappa shape index (κ1) is 11.0. The highest BCUT2D eigenvalue weighted by atomic mass is 32.1. The van der Waals surface area contributed by atoms with Crippen molar-refractivity contribution < 1.29 is 4.74 Å². The minimum absolute atomic E-state index is 0.0444. The summed E-state index contributed by atoms with van der Waals surface area (Å²) < 4.78 is 5.36. The number of aromatic nitrogens is 1. The largest absolute Gasteiger partial charge is 0.380 e. The molecule has 0 bridgehead atoms. The van der Waals surface area contributed by atoms with Crippen LogP contribution in [0.3, 0.4) is 0 Å². The summed E-state index contributed by atoms with van der Waals surface area (Å²) in [5, 5.41) is 4.77. The zero-order valence-electron chi connectivity index (χ0n) is 9.54. The Hall–Kier alpha value is -0.450. The highest BCUT2D eigenvalue weighted by Gasteiger charge is 2.28. The summed E-state index contributed by atoms with van der Waals surface area (Å²) in [4.78, 5) is 5.71. The molecule has 1 fully saturated rings. The van der Waals surface area contributed by atoms with Crippen molar-refractivity contribution in [2.45, 2.75) is 38.8 Å². The minimum Gasteiger partial charge on any atom is -0.380 e. The zero-order chi connectivity index (χ0) is 10.9. The summed E-state index contributed by atoms with van der Waals surface area (Å²) in [7, 11) is 0. The quantitative estimate of drug-likeness (QED) is 0.856. The SMILES string of the molecule is Cc1cnc(C(C)(C)NC2CCOC2)s1. The first-order chi connectivity index (χ1) is 7.08. The van der Waals surface area contributed by atoms with Crippen molar-refractivity contribution in [1.29, 1.82) is 0 Å². The second-order valence-electron chi connectivity index (χ2n) is 4.61. The molecule has 15 heavy (non-hydrogen) atoms. The predicted molar refractivity (Wildman–Crippen MR) is 62.2 cm³/mol. The van der Waals surface area contributed by atoms with Gasteiger partial charge >= 0.3 is 0 Å². The van der Waals surface area contributed by atoms with Crippen molar-refractivity contribution in [2.24, 2.45) is 0 Å². The van der Waals surface area contributed by atoms with E-state index in [1.54, 1.807) is 11.3 Å². The highest BCUT2D eigenvalue weighted by molar-refractivity contribution is 7.11. The second kappa shape index (κ2) is 4.20. The number of rotatable bonds is 3. The van der Waals surface area contributed by atoms with Crippen LogP contribution in [0.1, 0.15) is 30.2 Å². The van der Waals surface area contributed by atoms with Gasteiger partial charge in [-0.2, -0.15) is 0 Å². The summed E-state index contributed by atoms with van der Waals surface area (Å²) in [5.74, 6) is 0. The maximum Gasteiger partial charge on any atom is 0.112 e. The second-order valence-corrected chi connectivity index (χ2v) is 5.84. The van der Waals surface area contributed by atoms with Gasteiger partial charge in [-0.1, -0.05) is 0 Å². The van der Waals surface area contributed by atoms with Gasteiger partial charge in [0.05, 0.1) is 12.1 Å². The highest BCUT2D eigenvalue weighted by Crippen LogP contribution is 2.26. The van der Waals surface area contributed by atoms with Crippen molar-refractivity contribution in [3.8, 4) is 0 Å². The number of aryl methyl sites for hydroxylation is 1. The Morgan fingerprint density at radius 1 is 1.60 bits per heavy atom. The summed E-state index contributed by atoms with van der Waals surface area (Å²) in [6.45, 7) is 8.17. The van der Waals surface area contributed by atoms with Crippen molar-refractivity contribution in [2.75, 3.05) is 13.2 Å². The van der Waals surface area contributed by atoms with Crippen molar-refractivity contribution >= 4 is 11.3 Å². The molecular formula is C11H18N2OS. The summed E-state index contributed by atoms with van der Waals surface area (Å²) in [6.07, 6.45) is 3.04. The smallest absolute Gasteiger partial charge is 0.112 e. The zero-order valence-corrected chi connectivity index (χ0v) is 10.4. The van der Waals surface area contributed by atoms with Gasteiger partial charge in [-0.15, -0.1) is 11.3 Å². The van der Waals surface area contributed by atoms with Gasteiger partial charge in [0, 0.05) is 23.7 Å². The van der Waals surface area contributed by atoms with E-state index in [4.69, 9.17) is 4.74 Å². The molecular weight excluding hydrogens is 208 g/mol. The lowest BCUT2D eigenvalue weighted by Crippen LogP contribution is -2.44. The fourth-order valence-corrected chi connectivity index (χ4v) is 2.69. The molecule has 0 radical (unpaired) electrons. The molecule has 0 aliphatic carbocycles. The van der Waals surface area contributed by atoms with Crippen molar-refractivity contribution in [3.63, 3.8) is 0 Å². The van der Waals surface area contributed by atoms with E-state index in [0.29, 0.717) is 6.04 Å². The summed E-state index contributed by atoms with van der Waals surface area (Å²) >= 11 is 1.76. The molecule has 0 amide bonds. The van der Waals surface area contributed by atoms with E-state index in [1.165, 1.54) is 4.88 Å². The molecule has 4 heteroatoms. The normalized spacial score (nSPS) is 22.2. The van der Waals surface area contributed by atoms with Crippen LogP contribution in [-0.2, 0) is 10.3 Å². The third-order valence-corrected chi connectivity index (χ3v) is 3.89. The Bertz CT molecular complexity index is 329. The van der Waals surface area contributed by atoms with Crippen LogP contribution in [0.5, 0.6) is 0 Å². The average Bonchev–Trinajstić information content (AvgIpc) is 2.75. The van der Waals surface area contributed by atoms with E-state index >= 15 is 0 Å². The maximum absolute atomic E-state index is 5.36. The number of ether oxygens (including phenoxy) is 1. The Morgan fingerprint density at radius 3 is 2.93 bits per heavy atom. The van der Waals surface area contributed by atoms with Gasteiger partial charge in [0.1, 0.15) is 5.01 Å². The van der Waals surface area contributed by atoms with Crippen LogP contribution in [0.25, 0.3) is 0 Å². The molecule has 2 heterocycles. The molecule has 1 aromatic heterocycles. The fourth-order valence-electron chi connectivity index (χ4n) is 1.86. The Kier molecular flexibility index (Phi) is 3.09. The third kappa shape index (κ3) is 2.56. The lowest BCUT2D eigenvalue weighted by atomic mass is 10.0. The molecule has 2 rings (SSSR count). The van der Waals surface area contributed by atoms with E-state index in [9.17, 15) is 0 Å². The van der Waals surface area contributed by atoms with Crippen LogP contribution in [0, 0.1) is 6.92 Å². The van der Waals surface area contributed by atoms with E-state index in [-0.39, 0.29) is 5.54 Å². The van der Waals surface area contributed by atoms with Crippen LogP contribution >= 0.6 is 11.3 Å². The molecule has 1 N–H and O–H groups in total. The number of nitrogens with zero attached hydrogens (tertiary/aromatic N) is 1. The van der Waals surface area contributed by atoms with Crippen molar-refractivity contribution in [3.05, 3.63) is 16.1 Å². The molecule has 1 aromatic rings. The van der Waals surface area contributed by atoms with E-state index in [0.717, 1.165) is 24.6 Å².